The van der Waals surface area contributed by atoms with Crippen LogP contribution in [0.25, 0.3) is 0 Å². The zero-order chi connectivity index (χ0) is 15.0. The van der Waals surface area contributed by atoms with Gasteiger partial charge in [-0.3, -0.25) is 0 Å². The van der Waals surface area contributed by atoms with Crippen molar-refractivity contribution in [1.82, 2.24) is 5.32 Å². The first-order chi connectivity index (χ1) is 9.54. The summed E-state index contributed by atoms with van der Waals surface area (Å²) in [5.74, 6) is 1.52. The van der Waals surface area contributed by atoms with Gasteiger partial charge in [-0.05, 0) is 32.4 Å². The lowest BCUT2D eigenvalue weighted by Crippen LogP contribution is -2.19. The van der Waals surface area contributed by atoms with Gasteiger partial charge >= 0.3 is 0 Å². The van der Waals surface area contributed by atoms with E-state index in [2.05, 4.69) is 58.1 Å². The molecular formula is C17H29NO2. The molecule has 0 saturated carbocycles. The second-order valence-electron chi connectivity index (χ2n) is 5.64. The molecule has 1 rings (SSSR count). The van der Waals surface area contributed by atoms with Gasteiger partial charge in [0, 0.05) is 18.2 Å². The highest BCUT2D eigenvalue weighted by Gasteiger charge is 2.11. The summed E-state index contributed by atoms with van der Waals surface area (Å²) in [4.78, 5) is 0. The molecule has 3 nitrogen and oxygen atoms in total. The summed E-state index contributed by atoms with van der Waals surface area (Å²) in [6.45, 7) is 13.7. The molecule has 1 atom stereocenters. The molecule has 114 valence electrons. The van der Waals surface area contributed by atoms with Gasteiger partial charge in [-0.15, -0.1) is 0 Å². The van der Waals surface area contributed by atoms with Crippen LogP contribution in [0.2, 0.25) is 0 Å². The Bertz CT molecular complexity index is 391. The van der Waals surface area contributed by atoms with Crippen molar-refractivity contribution in [3.05, 3.63) is 29.3 Å². The lowest BCUT2D eigenvalue weighted by Gasteiger charge is -2.18. The number of rotatable bonds is 9. The second-order valence-corrected chi connectivity index (χ2v) is 5.64. The van der Waals surface area contributed by atoms with Crippen molar-refractivity contribution in [2.24, 2.45) is 5.92 Å². The topological polar surface area (TPSA) is 30.5 Å². The summed E-state index contributed by atoms with van der Waals surface area (Å²) in [6.07, 6.45) is 0. The lowest BCUT2D eigenvalue weighted by molar-refractivity contribution is 0.0815. The monoisotopic (exact) mass is 279 g/mol. The van der Waals surface area contributed by atoms with E-state index in [1.54, 1.807) is 0 Å². The van der Waals surface area contributed by atoms with Crippen molar-refractivity contribution < 1.29 is 9.47 Å². The number of hydrogen-bond donors (Lipinski definition) is 1. The van der Waals surface area contributed by atoms with Crippen molar-refractivity contribution in [2.45, 2.75) is 40.7 Å². The standard InChI is InChI=1S/C17H29NO2/c1-6-18-15(5)16-11-14(4)7-8-17(16)20-10-9-19-12-13(2)3/h7-8,11,13,15,18H,6,9-10,12H2,1-5H3. The summed E-state index contributed by atoms with van der Waals surface area (Å²) < 4.78 is 11.4. The third kappa shape index (κ3) is 5.93. The first-order valence-corrected chi connectivity index (χ1v) is 7.59. The Kier molecular flexibility index (Phi) is 7.63. The Hall–Kier alpha value is -1.06. The van der Waals surface area contributed by atoms with Crippen LogP contribution in [0.15, 0.2) is 18.2 Å². The van der Waals surface area contributed by atoms with Crippen LogP contribution < -0.4 is 10.1 Å². The minimum atomic E-state index is 0.298. The molecule has 1 aromatic rings. The van der Waals surface area contributed by atoms with E-state index < -0.39 is 0 Å². The highest BCUT2D eigenvalue weighted by Crippen LogP contribution is 2.26. The first-order valence-electron chi connectivity index (χ1n) is 7.59. The van der Waals surface area contributed by atoms with Crippen LogP contribution in [0, 0.1) is 12.8 Å². The van der Waals surface area contributed by atoms with Crippen LogP contribution in [-0.4, -0.2) is 26.4 Å². The van der Waals surface area contributed by atoms with E-state index >= 15 is 0 Å². The Morgan fingerprint density at radius 1 is 1.15 bits per heavy atom. The van der Waals surface area contributed by atoms with E-state index in [0.717, 1.165) is 18.9 Å². The van der Waals surface area contributed by atoms with E-state index in [9.17, 15) is 0 Å². The van der Waals surface area contributed by atoms with E-state index in [0.29, 0.717) is 25.2 Å². The summed E-state index contributed by atoms with van der Waals surface area (Å²) in [6, 6.07) is 6.64. The minimum Gasteiger partial charge on any atom is -0.491 e. The normalized spacial score (nSPS) is 12.7. The predicted octanol–water partition coefficient (Wildman–Crippen LogP) is 3.72. The molecule has 0 aliphatic carbocycles. The fraction of sp³-hybridized carbons (Fsp3) is 0.647. The Balaban J connectivity index is 2.55. The molecule has 0 aliphatic heterocycles. The summed E-state index contributed by atoms with van der Waals surface area (Å²) >= 11 is 0. The SMILES string of the molecule is CCNC(C)c1cc(C)ccc1OCCOCC(C)C. The zero-order valence-electron chi connectivity index (χ0n) is 13.5. The highest BCUT2D eigenvalue weighted by molar-refractivity contribution is 5.38. The second kappa shape index (κ2) is 8.98. The molecule has 20 heavy (non-hydrogen) atoms. The lowest BCUT2D eigenvalue weighted by atomic mass is 10.0. The number of aryl methyl sites for hydroxylation is 1. The third-order valence-corrected chi connectivity index (χ3v) is 3.08. The molecule has 1 unspecified atom stereocenters. The van der Waals surface area contributed by atoms with Crippen molar-refractivity contribution in [3.63, 3.8) is 0 Å². The van der Waals surface area contributed by atoms with E-state index in [1.807, 2.05) is 0 Å². The smallest absolute Gasteiger partial charge is 0.124 e. The molecule has 0 heterocycles. The quantitative estimate of drug-likeness (QED) is 0.699. The number of hydrogen-bond acceptors (Lipinski definition) is 3. The van der Waals surface area contributed by atoms with E-state index in [-0.39, 0.29) is 0 Å². The summed E-state index contributed by atoms with van der Waals surface area (Å²) in [5.41, 5.74) is 2.48. The molecule has 0 fully saturated rings. The van der Waals surface area contributed by atoms with Gasteiger partial charge in [0.25, 0.3) is 0 Å². The maximum Gasteiger partial charge on any atom is 0.124 e. The molecule has 0 radical (unpaired) electrons. The van der Waals surface area contributed by atoms with Gasteiger partial charge in [-0.2, -0.15) is 0 Å². The van der Waals surface area contributed by atoms with Gasteiger partial charge < -0.3 is 14.8 Å². The van der Waals surface area contributed by atoms with Gasteiger partial charge in [0.1, 0.15) is 12.4 Å². The molecule has 0 aliphatic rings. The molecule has 0 spiro atoms. The molecule has 1 N–H and O–H groups in total. The van der Waals surface area contributed by atoms with Crippen LogP contribution in [0.5, 0.6) is 5.75 Å². The Morgan fingerprint density at radius 3 is 2.55 bits per heavy atom. The van der Waals surface area contributed by atoms with Crippen LogP contribution in [0.1, 0.15) is 44.9 Å². The predicted molar refractivity (Wildman–Crippen MR) is 84.4 cm³/mol. The minimum absolute atomic E-state index is 0.298. The van der Waals surface area contributed by atoms with E-state index in [4.69, 9.17) is 9.47 Å². The van der Waals surface area contributed by atoms with Crippen LogP contribution in [-0.2, 0) is 4.74 Å². The van der Waals surface area contributed by atoms with Crippen molar-refractivity contribution in [3.8, 4) is 5.75 Å². The molecule has 0 saturated heterocycles. The average Bonchev–Trinajstić information content (AvgIpc) is 2.39. The van der Waals surface area contributed by atoms with Crippen LogP contribution >= 0.6 is 0 Å². The molecule has 1 aromatic carbocycles. The molecule has 3 heteroatoms. The zero-order valence-corrected chi connectivity index (χ0v) is 13.5. The number of benzene rings is 1. The van der Waals surface area contributed by atoms with Gasteiger partial charge in [0.15, 0.2) is 0 Å². The van der Waals surface area contributed by atoms with Crippen molar-refractivity contribution in [2.75, 3.05) is 26.4 Å². The largest absolute Gasteiger partial charge is 0.491 e. The summed E-state index contributed by atoms with van der Waals surface area (Å²) in [7, 11) is 0. The number of nitrogens with one attached hydrogen (secondary N) is 1. The van der Waals surface area contributed by atoms with E-state index in [1.165, 1.54) is 11.1 Å². The van der Waals surface area contributed by atoms with Crippen molar-refractivity contribution in [1.29, 1.82) is 0 Å². The summed E-state index contributed by atoms with van der Waals surface area (Å²) in [5, 5.41) is 3.43. The third-order valence-electron chi connectivity index (χ3n) is 3.08. The van der Waals surface area contributed by atoms with Crippen molar-refractivity contribution >= 4 is 0 Å². The van der Waals surface area contributed by atoms with Crippen LogP contribution in [0.4, 0.5) is 0 Å². The number of ether oxygens (including phenoxy) is 2. The van der Waals surface area contributed by atoms with Gasteiger partial charge in [0.2, 0.25) is 0 Å². The molecular weight excluding hydrogens is 250 g/mol. The first kappa shape index (κ1) is 17.0. The van der Waals surface area contributed by atoms with Crippen LogP contribution in [0.3, 0.4) is 0 Å². The van der Waals surface area contributed by atoms with Gasteiger partial charge in [-0.25, -0.2) is 0 Å². The van der Waals surface area contributed by atoms with Gasteiger partial charge in [0.05, 0.1) is 6.61 Å². The molecule has 0 bridgehead atoms. The average molecular weight is 279 g/mol. The Morgan fingerprint density at radius 2 is 1.90 bits per heavy atom. The fourth-order valence-corrected chi connectivity index (χ4v) is 2.08. The van der Waals surface area contributed by atoms with Gasteiger partial charge in [-0.1, -0.05) is 38.5 Å². The Labute approximate surface area is 123 Å². The maximum absolute atomic E-state index is 5.88. The maximum atomic E-state index is 5.88. The molecule has 0 amide bonds. The highest BCUT2D eigenvalue weighted by atomic mass is 16.5. The molecule has 0 aromatic heterocycles. The fourth-order valence-electron chi connectivity index (χ4n) is 2.08.